The van der Waals surface area contributed by atoms with E-state index in [1.54, 1.807) is 0 Å². The van der Waals surface area contributed by atoms with Gasteiger partial charge in [-0.05, 0) is 39.7 Å². The van der Waals surface area contributed by atoms with Crippen LogP contribution in [-0.4, -0.2) is 58.5 Å². The number of hydrogen-bond donors (Lipinski definition) is 1. The number of nitrogens with zero attached hydrogens (tertiary/aromatic N) is 3. The molecule has 134 valence electrons. The summed E-state index contributed by atoms with van der Waals surface area (Å²) in [6.07, 6.45) is 4.81. The zero-order valence-corrected chi connectivity index (χ0v) is 15.1. The molecule has 0 unspecified atom stereocenters. The van der Waals surface area contributed by atoms with Gasteiger partial charge in [0.2, 0.25) is 5.91 Å². The van der Waals surface area contributed by atoms with Crippen LogP contribution in [0.3, 0.4) is 0 Å². The maximum absolute atomic E-state index is 12.5. The molecule has 6 nitrogen and oxygen atoms in total. The maximum atomic E-state index is 12.5. The van der Waals surface area contributed by atoms with Crippen LogP contribution in [0.4, 0.5) is 0 Å². The van der Waals surface area contributed by atoms with Crippen LogP contribution in [-0.2, 0) is 16.1 Å². The lowest BCUT2D eigenvalue weighted by Crippen LogP contribution is -2.54. The monoisotopic (exact) mass is 334 g/mol. The summed E-state index contributed by atoms with van der Waals surface area (Å²) in [5.74, 6) is 0.161. The fourth-order valence-electron chi connectivity index (χ4n) is 3.81. The third kappa shape index (κ3) is 4.16. The summed E-state index contributed by atoms with van der Waals surface area (Å²) >= 11 is 0. The van der Waals surface area contributed by atoms with Gasteiger partial charge >= 0.3 is 0 Å². The van der Waals surface area contributed by atoms with Crippen LogP contribution < -0.4 is 5.32 Å². The average Bonchev–Trinajstić information content (AvgIpc) is 3.17. The molecule has 1 saturated carbocycles. The molecule has 1 aromatic rings. The molecule has 0 spiro atoms. The van der Waals surface area contributed by atoms with Gasteiger partial charge in [0.25, 0.3) is 0 Å². The lowest BCUT2D eigenvalue weighted by atomic mass is 10.1. The average molecular weight is 334 g/mol. The van der Waals surface area contributed by atoms with Crippen molar-refractivity contribution in [3.63, 3.8) is 0 Å². The fourth-order valence-corrected chi connectivity index (χ4v) is 3.81. The maximum Gasteiger partial charge on any atom is 0.237 e. The summed E-state index contributed by atoms with van der Waals surface area (Å²) < 4.78 is 7.91. The van der Waals surface area contributed by atoms with Gasteiger partial charge in [0, 0.05) is 24.8 Å². The number of hydrogen-bond acceptors (Lipinski definition) is 4. The molecule has 2 fully saturated rings. The van der Waals surface area contributed by atoms with Crippen molar-refractivity contribution >= 4 is 5.91 Å². The second-order valence-corrected chi connectivity index (χ2v) is 7.26. The fraction of sp³-hybridized carbons (Fsp3) is 0.778. The molecule has 2 aliphatic rings. The first-order valence-corrected chi connectivity index (χ1v) is 9.20. The molecule has 2 atom stereocenters. The van der Waals surface area contributed by atoms with Gasteiger partial charge in [0.15, 0.2) is 0 Å². The summed E-state index contributed by atoms with van der Waals surface area (Å²) in [7, 11) is 0. The van der Waals surface area contributed by atoms with Crippen molar-refractivity contribution in [2.45, 2.75) is 71.2 Å². The van der Waals surface area contributed by atoms with E-state index in [4.69, 9.17) is 4.74 Å². The van der Waals surface area contributed by atoms with E-state index in [0.717, 1.165) is 43.9 Å². The van der Waals surface area contributed by atoms with E-state index in [0.29, 0.717) is 12.6 Å². The van der Waals surface area contributed by atoms with E-state index in [2.05, 4.69) is 28.3 Å². The molecule has 1 amide bonds. The van der Waals surface area contributed by atoms with E-state index in [9.17, 15) is 4.79 Å². The van der Waals surface area contributed by atoms with Gasteiger partial charge in [0.1, 0.15) is 0 Å². The minimum absolute atomic E-state index is 0.0819. The Balaban J connectivity index is 1.54. The van der Waals surface area contributed by atoms with Crippen LogP contribution in [0, 0.1) is 13.8 Å². The van der Waals surface area contributed by atoms with E-state index in [-0.39, 0.29) is 18.1 Å². The quantitative estimate of drug-likeness (QED) is 0.889. The van der Waals surface area contributed by atoms with Gasteiger partial charge < -0.3 is 10.1 Å². The predicted octanol–water partition coefficient (Wildman–Crippen LogP) is 1.65. The highest BCUT2D eigenvalue weighted by Gasteiger charge is 2.29. The Labute approximate surface area is 144 Å². The number of rotatable bonds is 5. The van der Waals surface area contributed by atoms with Crippen LogP contribution in [0.15, 0.2) is 6.07 Å². The Morgan fingerprint density at radius 3 is 2.83 bits per heavy atom. The third-order valence-electron chi connectivity index (χ3n) is 5.28. The number of ether oxygens (including phenoxy) is 1. The Bertz CT molecular complexity index is 565. The number of amides is 1. The molecule has 1 saturated heterocycles. The standard InChI is InChI=1S/C18H30N4O2/c1-13-10-14(2)22(20-13)12-17-11-21(8-9-24-17)15(3)18(23)19-16-6-4-5-7-16/h10,15-17H,4-9,11-12H2,1-3H3,(H,19,23)/t15-,17+/m0/s1. The molecule has 2 heterocycles. The minimum atomic E-state index is -0.0996. The predicted molar refractivity (Wildman–Crippen MR) is 92.9 cm³/mol. The highest BCUT2D eigenvalue weighted by atomic mass is 16.5. The van der Waals surface area contributed by atoms with Crippen LogP contribution in [0.1, 0.15) is 44.0 Å². The second kappa shape index (κ2) is 7.66. The van der Waals surface area contributed by atoms with Gasteiger partial charge in [-0.2, -0.15) is 5.10 Å². The summed E-state index contributed by atoms with van der Waals surface area (Å²) in [5, 5.41) is 7.73. The normalized spacial score (nSPS) is 24.2. The summed E-state index contributed by atoms with van der Waals surface area (Å²) in [5.41, 5.74) is 2.18. The first-order chi connectivity index (χ1) is 11.5. The Hall–Kier alpha value is -1.40. The van der Waals surface area contributed by atoms with Gasteiger partial charge in [-0.1, -0.05) is 12.8 Å². The second-order valence-electron chi connectivity index (χ2n) is 7.26. The molecule has 0 radical (unpaired) electrons. The van der Waals surface area contributed by atoms with Crippen molar-refractivity contribution in [2.75, 3.05) is 19.7 Å². The largest absolute Gasteiger partial charge is 0.374 e. The minimum Gasteiger partial charge on any atom is -0.374 e. The third-order valence-corrected chi connectivity index (χ3v) is 5.28. The summed E-state index contributed by atoms with van der Waals surface area (Å²) in [6, 6.07) is 2.36. The number of aryl methyl sites for hydroxylation is 2. The number of nitrogens with one attached hydrogen (secondary N) is 1. The van der Waals surface area contributed by atoms with Crippen LogP contribution >= 0.6 is 0 Å². The zero-order valence-electron chi connectivity index (χ0n) is 15.1. The van der Waals surface area contributed by atoms with E-state index >= 15 is 0 Å². The Morgan fingerprint density at radius 2 is 2.17 bits per heavy atom. The number of aromatic nitrogens is 2. The summed E-state index contributed by atoms with van der Waals surface area (Å²) in [6.45, 7) is 9.09. The Kier molecular flexibility index (Phi) is 5.56. The molecule has 1 aromatic heterocycles. The molecule has 1 aliphatic heterocycles. The highest BCUT2D eigenvalue weighted by Crippen LogP contribution is 2.18. The SMILES string of the molecule is Cc1cc(C)n(C[C@H]2CN([C@@H](C)C(=O)NC3CCCC3)CCO2)n1. The van der Waals surface area contributed by atoms with Crippen LogP contribution in [0.5, 0.6) is 0 Å². The van der Waals surface area contributed by atoms with Crippen LogP contribution in [0.2, 0.25) is 0 Å². The van der Waals surface area contributed by atoms with Crippen molar-refractivity contribution in [1.29, 1.82) is 0 Å². The van der Waals surface area contributed by atoms with Crippen molar-refractivity contribution in [1.82, 2.24) is 20.0 Å². The number of carbonyl (C=O) groups is 1. The van der Waals surface area contributed by atoms with Crippen molar-refractivity contribution in [3.8, 4) is 0 Å². The van der Waals surface area contributed by atoms with Gasteiger partial charge in [-0.15, -0.1) is 0 Å². The smallest absolute Gasteiger partial charge is 0.237 e. The van der Waals surface area contributed by atoms with Crippen molar-refractivity contribution < 1.29 is 9.53 Å². The number of morpholine rings is 1. The molecule has 24 heavy (non-hydrogen) atoms. The van der Waals surface area contributed by atoms with E-state index < -0.39 is 0 Å². The highest BCUT2D eigenvalue weighted by molar-refractivity contribution is 5.81. The van der Waals surface area contributed by atoms with Crippen molar-refractivity contribution in [3.05, 3.63) is 17.5 Å². The summed E-state index contributed by atoms with van der Waals surface area (Å²) in [4.78, 5) is 14.7. The Morgan fingerprint density at radius 1 is 1.42 bits per heavy atom. The first kappa shape index (κ1) is 17.4. The van der Waals surface area contributed by atoms with Gasteiger partial charge in [0.05, 0.1) is 31.0 Å². The lowest BCUT2D eigenvalue weighted by Gasteiger charge is -2.36. The van der Waals surface area contributed by atoms with E-state index in [1.807, 2.05) is 18.5 Å². The molecule has 3 rings (SSSR count). The lowest BCUT2D eigenvalue weighted by molar-refractivity contribution is -0.130. The van der Waals surface area contributed by atoms with Gasteiger partial charge in [-0.3, -0.25) is 14.4 Å². The molecular weight excluding hydrogens is 304 g/mol. The molecule has 0 aromatic carbocycles. The topological polar surface area (TPSA) is 59.4 Å². The van der Waals surface area contributed by atoms with Gasteiger partial charge in [-0.25, -0.2) is 0 Å². The van der Waals surface area contributed by atoms with E-state index in [1.165, 1.54) is 12.8 Å². The molecular formula is C18H30N4O2. The molecule has 1 aliphatic carbocycles. The number of carbonyl (C=O) groups excluding carboxylic acids is 1. The van der Waals surface area contributed by atoms with Crippen molar-refractivity contribution in [2.24, 2.45) is 0 Å². The molecule has 6 heteroatoms. The zero-order chi connectivity index (χ0) is 17.1. The molecule has 0 bridgehead atoms. The first-order valence-electron chi connectivity index (χ1n) is 9.20. The van der Waals surface area contributed by atoms with Crippen LogP contribution in [0.25, 0.3) is 0 Å². The molecule has 1 N–H and O–H groups in total.